The van der Waals surface area contributed by atoms with Crippen molar-refractivity contribution in [3.8, 4) is 0 Å². The molecule has 0 spiro atoms. The molecule has 0 bridgehead atoms. The topological polar surface area (TPSA) is 83.5 Å². The Bertz CT molecular complexity index is 373. The van der Waals surface area contributed by atoms with E-state index in [0.717, 1.165) is 30.6 Å². The van der Waals surface area contributed by atoms with Gasteiger partial charge in [-0.25, -0.2) is 10.3 Å². The summed E-state index contributed by atoms with van der Waals surface area (Å²) in [4.78, 5) is 11.9. The highest BCUT2D eigenvalue weighted by Crippen LogP contribution is 2.27. The molecule has 0 aliphatic rings. The van der Waals surface area contributed by atoms with Gasteiger partial charge in [-0.2, -0.15) is 0 Å². The van der Waals surface area contributed by atoms with E-state index in [2.05, 4.69) is 12.8 Å². The van der Waals surface area contributed by atoms with Crippen molar-refractivity contribution in [3.05, 3.63) is 30.1 Å². The average Bonchev–Trinajstić information content (AvgIpc) is 2.46. The zero-order chi connectivity index (χ0) is 15.4. The summed E-state index contributed by atoms with van der Waals surface area (Å²) in [6, 6.07) is 5.97. The maximum Gasteiger partial charge on any atom is 0.316 e. The van der Waals surface area contributed by atoms with Crippen molar-refractivity contribution in [1.82, 2.24) is 0 Å². The molecule has 6 heteroatoms. The molecular weight excluding hydrogens is 281 g/mol. The molecule has 1 atom stereocenters. The molecule has 0 radical (unpaired) electrons. The molecule has 20 heavy (non-hydrogen) atoms. The molecule has 1 rings (SSSR count). The second-order valence-electron chi connectivity index (χ2n) is 4.25. The first kappa shape index (κ1) is 18.9. The van der Waals surface area contributed by atoms with Gasteiger partial charge in [0.1, 0.15) is 11.1 Å². The summed E-state index contributed by atoms with van der Waals surface area (Å²) in [5.74, 6) is 2.41. The van der Waals surface area contributed by atoms with E-state index in [4.69, 9.17) is 10.3 Å². The third-order valence-electron chi connectivity index (χ3n) is 2.69. The zero-order valence-electron chi connectivity index (χ0n) is 11.6. The number of carboxylic acid groups (broad SMARTS) is 1. The number of unbranched alkanes of at least 4 members (excludes halogenated alkanes) is 3. The van der Waals surface area contributed by atoms with Gasteiger partial charge in [0.2, 0.25) is 0 Å². The summed E-state index contributed by atoms with van der Waals surface area (Å²) < 4.78 is 12.7. The normalized spacial score (nSPS) is 11.4. The molecule has 0 saturated heterocycles. The van der Waals surface area contributed by atoms with E-state index < -0.39 is 11.2 Å². The predicted octanol–water partition coefficient (Wildman–Crippen LogP) is 3.68. The van der Waals surface area contributed by atoms with Crippen LogP contribution in [0.25, 0.3) is 0 Å². The quantitative estimate of drug-likeness (QED) is 0.387. The summed E-state index contributed by atoms with van der Waals surface area (Å²) in [7, 11) is 0. The first-order chi connectivity index (χ1) is 9.63. The molecule has 0 aliphatic heterocycles. The van der Waals surface area contributed by atoms with Gasteiger partial charge < -0.3 is 10.3 Å². The molecule has 114 valence electrons. The van der Waals surface area contributed by atoms with E-state index in [1.807, 2.05) is 0 Å². The standard InChI is InChI=1S/C14H19FO2S.H3NO/c1-2-3-4-5-6-13(14(16)17)18-12-9-7-11(15)8-10-12;1-2/h7-10,13H,2-6H2,1H3,(H,16,17);2H,1H2. The molecular formula is C14H22FNO3S. The number of thioether (sulfide) groups is 1. The number of carboxylic acids is 1. The lowest BCUT2D eigenvalue weighted by Gasteiger charge is -2.11. The van der Waals surface area contributed by atoms with E-state index in [1.54, 1.807) is 12.1 Å². The molecule has 1 aromatic carbocycles. The number of carbonyl (C=O) groups is 1. The SMILES string of the molecule is CCCCCCC(Sc1ccc(F)cc1)C(=O)O.NO. The Kier molecular flexibility index (Phi) is 11.0. The van der Waals surface area contributed by atoms with Crippen molar-refractivity contribution in [3.63, 3.8) is 0 Å². The fraction of sp³-hybridized carbons (Fsp3) is 0.500. The highest BCUT2D eigenvalue weighted by atomic mass is 32.2. The van der Waals surface area contributed by atoms with Crippen LogP contribution in [0, 0.1) is 5.82 Å². The Morgan fingerprint density at radius 1 is 1.25 bits per heavy atom. The lowest BCUT2D eigenvalue weighted by molar-refractivity contribution is -0.136. The van der Waals surface area contributed by atoms with Gasteiger partial charge in [-0.3, -0.25) is 4.79 Å². The Balaban J connectivity index is 0.00000172. The molecule has 4 nitrogen and oxygen atoms in total. The summed E-state index contributed by atoms with van der Waals surface area (Å²) >= 11 is 1.30. The number of hydrogen-bond acceptors (Lipinski definition) is 4. The van der Waals surface area contributed by atoms with Gasteiger partial charge >= 0.3 is 5.97 Å². The molecule has 1 aromatic rings. The highest BCUT2D eigenvalue weighted by molar-refractivity contribution is 8.00. The van der Waals surface area contributed by atoms with Crippen molar-refractivity contribution in [1.29, 1.82) is 0 Å². The third kappa shape index (κ3) is 8.14. The number of benzene rings is 1. The molecule has 0 fully saturated rings. The molecule has 0 heterocycles. The Morgan fingerprint density at radius 2 is 1.85 bits per heavy atom. The summed E-state index contributed by atoms with van der Waals surface area (Å²) in [5.41, 5.74) is 0. The molecule has 4 N–H and O–H groups in total. The summed E-state index contributed by atoms with van der Waals surface area (Å²) in [6.07, 6.45) is 4.96. The molecule has 0 aromatic heterocycles. The largest absolute Gasteiger partial charge is 0.480 e. The van der Waals surface area contributed by atoms with Gasteiger partial charge in [0.15, 0.2) is 0 Å². The minimum atomic E-state index is -0.791. The van der Waals surface area contributed by atoms with Gasteiger partial charge in [-0.05, 0) is 30.7 Å². The number of hydrogen-bond donors (Lipinski definition) is 3. The van der Waals surface area contributed by atoms with Crippen molar-refractivity contribution < 1.29 is 19.5 Å². The third-order valence-corrected chi connectivity index (χ3v) is 3.95. The van der Waals surface area contributed by atoms with Crippen LogP contribution in [-0.4, -0.2) is 21.5 Å². The van der Waals surface area contributed by atoms with Crippen LogP contribution in [0.2, 0.25) is 0 Å². The molecule has 1 unspecified atom stereocenters. The first-order valence-electron chi connectivity index (χ1n) is 6.54. The second-order valence-corrected chi connectivity index (χ2v) is 5.52. The Hall–Kier alpha value is -1.11. The van der Waals surface area contributed by atoms with Crippen molar-refractivity contribution in [2.75, 3.05) is 0 Å². The number of aliphatic carboxylic acids is 1. The Morgan fingerprint density at radius 3 is 2.35 bits per heavy atom. The number of nitrogens with two attached hydrogens (primary N) is 1. The fourth-order valence-electron chi connectivity index (χ4n) is 1.67. The molecule has 0 amide bonds. The monoisotopic (exact) mass is 303 g/mol. The molecule has 0 aliphatic carbocycles. The van der Waals surface area contributed by atoms with Crippen LogP contribution in [0.3, 0.4) is 0 Å². The van der Waals surface area contributed by atoms with E-state index in [1.165, 1.54) is 23.9 Å². The van der Waals surface area contributed by atoms with Crippen LogP contribution in [0.1, 0.15) is 39.0 Å². The first-order valence-corrected chi connectivity index (χ1v) is 7.42. The summed E-state index contributed by atoms with van der Waals surface area (Å²) in [6.45, 7) is 2.13. The zero-order valence-corrected chi connectivity index (χ0v) is 12.4. The second kappa shape index (κ2) is 11.7. The minimum Gasteiger partial charge on any atom is -0.480 e. The van der Waals surface area contributed by atoms with Gasteiger partial charge in [0, 0.05) is 4.90 Å². The molecule has 0 saturated carbocycles. The van der Waals surface area contributed by atoms with Gasteiger partial charge in [0.25, 0.3) is 0 Å². The van der Waals surface area contributed by atoms with E-state index in [0.29, 0.717) is 6.42 Å². The summed E-state index contributed by atoms with van der Waals surface area (Å²) in [5, 5.41) is 15.2. The van der Waals surface area contributed by atoms with Crippen molar-refractivity contribution in [2.24, 2.45) is 5.90 Å². The lowest BCUT2D eigenvalue weighted by Crippen LogP contribution is -2.16. The lowest BCUT2D eigenvalue weighted by atomic mass is 10.1. The Labute approximate surface area is 123 Å². The average molecular weight is 303 g/mol. The highest BCUT2D eigenvalue weighted by Gasteiger charge is 2.18. The van der Waals surface area contributed by atoms with Crippen LogP contribution in [0.4, 0.5) is 4.39 Å². The number of rotatable bonds is 8. The smallest absolute Gasteiger partial charge is 0.316 e. The van der Waals surface area contributed by atoms with Crippen molar-refractivity contribution >= 4 is 17.7 Å². The predicted molar refractivity (Wildman–Crippen MR) is 78.4 cm³/mol. The van der Waals surface area contributed by atoms with E-state index >= 15 is 0 Å². The van der Waals surface area contributed by atoms with Gasteiger partial charge in [-0.15, -0.1) is 11.8 Å². The van der Waals surface area contributed by atoms with E-state index in [-0.39, 0.29) is 5.82 Å². The van der Waals surface area contributed by atoms with Gasteiger partial charge in [-0.1, -0.05) is 32.6 Å². The van der Waals surface area contributed by atoms with Crippen LogP contribution in [0.15, 0.2) is 29.2 Å². The maximum atomic E-state index is 12.7. The van der Waals surface area contributed by atoms with Gasteiger partial charge in [0.05, 0.1) is 0 Å². The van der Waals surface area contributed by atoms with Crippen LogP contribution in [-0.2, 0) is 4.79 Å². The van der Waals surface area contributed by atoms with Crippen LogP contribution in [0.5, 0.6) is 0 Å². The maximum absolute atomic E-state index is 12.7. The number of halogens is 1. The van der Waals surface area contributed by atoms with Crippen molar-refractivity contribution in [2.45, 2.75) is 49.2 Å². The fourth-order valence-corrected chi connectivity index (χ4v) is 2.67. The minimum absolute atomic E-state index is 0.297. The van der Waals surface area contributed by atoms with Crippen LogP contribution >= 0.6 is 11.8 Å². The van der Waals surface area contributed by atoms with E-state index in [9.17, 15) is 9.18 Å². The van der Waals surface area contributed by atoms with Crippen LogP contribution < -0.4 is 5.90 Å².